The lowest BCUT2D eigenvalue weighted by Gasteiger charge is -2.06. The highest BCUT2D eigenvalue weighted by Crippen LogP contribution is 2.16. The van der Waals surface area contributed by atoms with Crippen molar-refractivity contribution < 1.29 is 12.8 Å². The Labute approximate surface area is 108 Å². The van der Waals surface area contributed by atoms with E-state index >= 15 is 0 Å². The van der Waals surface area contributed by atoms with Crippen molar-refractivity contribution in [3.05, 3.63) is 46.4 Å². The van der Waals surface area contributed by atoms with Crippen LogP contribution in [0.3, 0.4) is 0 Å². The van der Waals surface area contributed by atoms with E-state index in [-0.39, 0.29) is 17.1 Å². The van der Waals surface area contributed by atoms with Crippen LogP contribution in [0.25, 0.3) is 0 Å². The first-order chi connectivity index (χ1) is 8.49. The quantitative estimate of drug-likeness (QED) is 0.844. The summed E-state index contributed by atoms with van der Waals surface area (Å²) < 4.78 is 39.4. The number of halogens is 1. The molecule has 1 heterocycles. The highest BCUT2D eigenvalue weighted by molar-refractivity contribution is 7.89. The Hall–Kier alpha value is -1.44. The van der Waals surface area contributed by atoms with Crippen LogP contribution in [0.5, 0.6) is 0 Å². The lowest BCUT2D eigenvalue weighted by molar-refractivity contribution is 0.578. The van der Waals surface area contributed by atoms with Crippen molar-refractivity contribution in [2.24, 2.45) is 0 Å². The highest BCUT2D eigenvalue weighted by atomic mass is 32.2. The number of thiophene rings is 1. The highest BCUT2D eigenvalue weighted by Gasteiger charge is 2.15. The third-order valence-corrected chi connectivity index (χ3v) is 4.46. The predicted molar refractivity (Wildman–Crippen MR) is 69.2 cm³/mol. The molecule has 2 aromatic rings. The maximum Gasteiger partial charge on any atom is 0.240 e. The van der Waals surface area contributed by atoms with Crippen molar-refractivity contribution in [2.45, 2.75) is 11.4 Å². The number of sulfonamides is 1. The topological polar surface area (TPSA) is 72.2 Å². The fourth-order valence-corrected chi connectivity index (χ4v) is 3.03. The van der Waals surface area contributed by atoms with Gasteiger partial charge in [0.05, 0.1) is 10.6 Å². The summed E-state index contributed by atoms with van der Waals surface area (Å²) in [6.07, 6.45) is 0. The summed E-state index contributed by atoms with van der Waals surface area (Å²) in [5.74, 6) is -0.742. The van der Waals surface area contributed by atoms with E-state index in [0.29, 0.717) is 0 Å². The molecule has 0 unspecified atom stereocenters. The van der Waals surface area contributed by atoms with Crippen LogP contribution in [0.4, 0.5) is 10.1 Å². The van der Waals surface area contributed by atoms with Crippen molar-refractivity contribution in [2.75, 3.05) is 5.73 Å². The SMILES string of the molecule is Nc1ccc(S(=O)(=O)NCc2ccsc2)cc1F. The second kappa shape index (κ2) is 5.05. The van der Waals surface area contributed by atoms with Crippen molar-refractivity contribution in [3.8, 4) is 0 Å². The zero-order valence-corrected chi connectivity index (χ0v) is 10.9. The minimum atomic E-state index is -3.72. The van der Waals surface area contributed by atoms with Gasteiger partial charge >= 0.3 is 0 Å². The van der Waals surface area contributed by atoms with Crippen LogP contribution in [0.1, 0.15) is 5.56 Å². The molecule has 0 amide bonds. The van der Waals surface area contributed by atoms with Gasteiger partial charge in [-0.15, -0.1) is 0 Å². The molecule has 1 aromatic carbocycles. The summed E-state index contributed by atoms with van der Waals surface area (Å²) in [6.45, 7) is 0.178. The maximum absolute atomic E-state index is 13.2. The molecule has 0 radical (unpaired) electrons. The largest absolute Gasteiger partial charge is 0.396 e. The van der Waals surface area contributed by atoms with Gasteiger partial charge in [-0.25, -0.2) is 17.5 Å². The van der Waals surface area contributed by atoms with Gasteiger partial charge < -0.3 is 5.73 Å². The Kier molecular flexibility index (Phi) is 3.65. The Morgan fingerprint density at radius 1 is 1.33 bits per heavy atom. The molecular weight excluding hydrogens is 275 g/mol. The number of benzene rings is 1. The number of nitrogens with one attached hydrogen (secondary N) is 1. The van der Waals surface area contributed by atoms with Crippen LogP contribution in [0, 0.1) is 5.82 Å². The first-order valence-corrected chi connectivity index (χ1v) is 7.47. The van der Waals surface area contributed by atoms with Gasteiger partial charge in [-0.05, 0) is 40.6 Å². The van der Waals surface area contributed by atoms with Gasteiger partial charge in [-0.2, -0.15) is 11.3 Å². The average Bonchev–Trinajstić information content (AvgIpc) is 2.83. The first kappa shape index (κ1) is 13.0. The maximum atomic E-state index is 13.2. The van der Waals surface area contributed by atoms with Crippen molar-refractivity contribution in [1.82, 2.24) is 4.72 Å². The van der Waals surface area contributed by atoms with Crippen LogP contribution in [-0.4, -0.2) is 8.42 Å². The summed E-state index contributed by atoms with van der Waals surface area (Å²) >= 11 is 1.48. The number of hydrogen-bond donors (Lipinski definition) is 2. The smallest absolute Gasteiger partial charge is 0.240 e. The summed E-state index contributed by atoms with van der Waals surface area (Å²) in [7, 11) is -3.72. The van der Waals surface area contributed by atoms with E-state index in [9.17, 15) is 12.8 Å². The molecule has 0 spiro atoms. The number of anilines is 1. The molecule has 0 aliphatic rings. The van der Waals surface area contributed by atoms with E-state index in [2.05, 4.69) is 4.72 Å². The Balaban J connectivity index is 2.17. The number of nitrogen functional groups attached to an aromatic ring is 1. The molecular formula is C11H11FN2O2S2. The van der Waals surface area contributed by atoms with Gasteiger partial charge in [0, 0.05) is 6.54 Å². The molecule has 0 aliphatic heterocycles. The van der Waals surface area contributed by atoms with E-state index in [1.807, 2.05) is 16.8 Å². The van der Waals surface area contributed by atoms with Gasteiger partial charge in [0.25, 0.3) is 0 Å². The van der Waals surface area contributed by atoms with E-state index in [1.54, 1.807) is 0 Å². The molecule has 96 valence electrons. The van der Waals surface area contributed by atoms with Crippen molar-refractivity contribution in [3.63, 3.8) is 0 Å². The first-order valence-electron chi connectivity index (χ1n) is 5.05. The Morgan fingerprint density at radius 3 is 2.72 bits per heavy atom. The van der Waals surface area contributed by atoms with Gasteiger partial charge in [0.15, 0.2) is 0 Å². The van der Waals surface area contributed by atoms with Gasteiger partial charge in [0.1, 0.15) is 5.82 Å². The summed E-state index contributed by atoms with van der Waals surface area (Å²) in [6, 6.07) is 5.23. The molecule has 0 fully saturated rings. The second-order valence-electron chi connectivity index (χ2n) is 3.64. The zero-order valence-electron chi connectivity index (χ0n) is 9.26. The van der Waals surface area contributed by atoms with Gasteiger partial charge in [-0.3, -0.25) is 0 Å². The summed E-state index contributed by atoms with van der Waals surface area (Å²) in [5, 5.41) is 3.69. The van der Waals surface area contributed by atoms with Crippen molar-refractivity contribution >= 4 is 27.0 Å². The fourth-order valence-electron chi connectivity index (χ4n) is 1.33. The molecule has 0 aliphatic carbocycles. The molecule has 0 atom stereocenters. The van der Waals surface area contributed by atoms with Crippen LogP contribution in [0.2, 0.25) is 0 Å². The zero-order chi connectivity index (χ0) is 13.2. The minimum Gasteiger partial charge on any atom is -0.396 e. The average molecular weight is 286 g/mol. The van der Waals surface area contributed by atoms with Crippen LogP contribution in [-0.2, 0) is 16.6 Å². The second-order valence-corrected chi connectivity index (χ2v) is 6.19. The number of nitrogens with two attached hydrogens (primary N) is 1. The van der Waals surface area contributed by atoms with Crippen LogP contribution in [0.15, 0.2) is 39.9 Å². The number of rotatable bonds is 4. The monoisotopic (exact) mass is 286 g/mol. The minimum absolute atomic E-state index is 0.0771. The molecule has 4 nitrogen and oxygen atoms in total. The van der Waals surface area contributed by atoms with Crippen LogP contribution >= 0.6 is 11.3 Å². The molecule has 18 heavy (non-hydrogen) atoms. The molecule has 3 N–H and O–H groups in total. The molecule has 0 bridgehead atoms. The Bertz CT molecular complexity index is 639. The standard InChI is InChI=1S/C11H11FN2O2S2/c12-10-5-9(1-2-11(10)13)18(15,16)14-6-8-3-4-17-7-8/h1-5,7,14H,6,13H2. The van der Waals surface area contributed by atoms with Gasteiger partial charge in [0.2, 0.25) is 10.0 Å². The molecule has 0 saturated carbocycles. The van der Waals surface area contributed by atoms with Gasteiger partial charge in [-0.1, -0.05) is 0 Å². The van der Waals surface area contributed by atoms with Crippen LogP contribution < -0.4 is 10.5 Å². The lowest BCUT2D eigenvalue weighted by atomic mass is 10.3. The molecule has 0 saturated heterocycles. The lowest BCUT2D eigenvalue weighted by Crippen LogP contribution is -2.23. The van der Waals surface area contributed by atoms with E-state index in [1.165, 1.54) is 23.5 Å². The molecule has 2 rings (SSSR count). The predicted octanol–water partition coefficient (Wildman–Crippen LogP) is 1.95. The van der Waals surface area contributed by atoms with E-state index in [0.717, 1.165) is 11.6 Å². The summed E-state index contributed by atoms with van der Waals surface area (Å²) in [4.78, 5) is -0.135. The normalized spacial score (nSPS) is 11.6. The third kappa shape index (κ3) is 2.87. The molecule has 7 heteroatoms. The van der Waals surface area contributed by atoms with E-state index < -0.39 is 15.8 Å². The summed E-state index contributed by atoms with van der Waals surface area (Å²) in [5.41, 5.74) is 6.08. The third-order valence-electron chi connectivity index (χ3n) is 2.33. The van der Waals surface area contributed by atoms with E-state index in [4.69, 9.17) is 5.73 Å². The number of hydrogen-bond acceptors (Lipinski definition) is 4. The molecule has 1 aromatic heterocycles. The fraction of sp³-hybridized carbons (Fsp3) is 0.0909. The Morgan fingerprint density at radius 2 is 2.11 bits per heavy atom. The van der Waals surface area contributed by atoms with Crippen molar-refractivity contribution in [1.29, 1.82) is 0 Å².